The molecule has 0 spiro atoms. The van der Waals surface area contributed by atoms with Crippen LogP contribution in [0.5, 0.6) is 0 Å². The van der Waals surface area contributed by atoms with E-state index < -0.39 is 7.82 Å². The van der Waals surface area contributed by atoms with Crippen molar-refractivity contribution in [2.75, 3.05) is 32.1 Å². The van der Waals surface area contributed by atoms with Crippen molar-refractivity contribution in [1.29, 1.82) is 0 Å². The Bertz CT molecular complexity index is 509. The third-order valence-electron chi connectivity index (χ3n) is 2.45. The third-order valence-corrected chi connectivity index (χ3v) is 6.07. The van der Waals surface area contributed by atoms with Crippen LogP contribution in [-0.2, 0) is 22.9 Å². The lowest BCUT2D eigenvalue weighted by Gasteiger charge is -2.09. The molecule has 1 fully saturated rings. The summed E-state index contributed by atoms with van der Waals surface area (Å²) in [5, 5.41) is 3.63. The average molecular weight is 364 g/mol. The lowest BCUT2D eigenvalue weighted by Crippen LogP contribution is -2.26. The van der Waals surface area contributed by atoms with E-state index in [-0.39, 0.29) is 12.5 Å². The molecule has 1 N–H and O–H groups in total. The molecule has 0 radical (unpaired) electrons. The highest BCUT2D eigenvalue weighted by molar-refractivity contribution is 8.76. The maximum Gasteiger partial charge on any atom is 0.474 e. The van der Waals surface area contributed by atoms with E-state index in [1.807, 2.05) is 18.2 Å². The fourth-order valence-corrected chi connectivity index (χ4v) is 4.43. The summed E-state index contributed by atoms with van der Waals surface area (Å²) in [4.78, 5) is 15.8. The molecule has 0 unspecified atom stereocenters. The van der Waals surface area contributed by atoms with Crippen LogP contribution in [0, 0.1) is 0 Å². The minimum Gasteiger partial charge on any atom is -0.355 e. The zero-order valence-electron chi connectivity index (χ0n) is 11.8. The van der Waals surface area contributed by atoms with Crippen LogP contribution in [-0.4, -0.2) is 43.0 Å². The summed E-state index contributed by atoms with van der Waals surface area (Å²) in [6.07, 6.45) is 2.26. The minimum absolute atomic E-state index is 0.0616. The number of pyridine rings is 1. The monoisotopic (exact) mass is 364 g/mol. The van der Waals surface area contributed by atoms with Gasteiger partial charge < -0.3 is 5.32 Å². The van der Waals surface area contributed by atoms with Gasteiger partial charge in [0.05, 0.1) is 25.6 Å². The molecule has 22 heavy (non-hydrogen) atoms. The lowest BCUT2D eigenvalue weighted by atomic mass is 10.4. The van der Waals surface area contributed by atoms with Gasteiger partial charge in [-0.05, 0) is 29.3 Å². The van der Waals surface area contributed by atoms with Crippen LogP contribution in [0.15, 0.2) is 29.4 Å². The van der Waals surface area contributed by atoms with E-state index in [4.69, 9.17) is 13.6 Å². The van der Waals surface area contributed by atoms with E-state index in [0.717, 1.165) is 5.03 Å². The van der Waals surface area contributed by atoms with Gasteiger partial charge in [-0.1, -0.05) is 16.9 Å². The first-order chi connectivity index (χ1) is 10.7. The molecule has 1 amide bonds. The molecule has 0 atom stereocenters. The van der Waals surface area contributed by atoms with Crippen molar-refractivity contribution in [3.8, 4) is 0 Å². The molecule has 0 aromatic carbocycles. The third kappa shape index (κ3) is 6.68. The predicted molar refractivity (Wildman–Crippen MR) is 85.6 cm³/mol. The number of rotatable bonds is 9. The number of aromatic nitrogens is 1. The molecule has 1 saturated heterocycles. The van der Waals surface area contributed by atoms with E-state index in [9.17, 15) is 9.36 Å². The fraction of sp³-hybridized carbons (Fsp3) is 0.500. The highest BCUT2D eigenvalue weighted by Gasteiger charge is 2.31. The van der Waals surface area contributed by atoms with Gasteiger partial charge in [-0.25, -0.2) is 9.55 Å². The number of carbonyl (C=O) groups is 1. The van der Waals surface area contributed by atoms with Crippen LogP contribution in [0.2, 0.25) is 0 Å². The van der Waals surface area contributed by atoms with Gasteiger partial charge in [0, 0.05) is 12.7 Å². The lowest BCUT2D eigenvalue weighted by molar-refractivity contribution is -0.118. The van der Waals surface area contributed by atoms with Gasteiger partial charge in [-0.3, -0.25) is 18.4 Å². The number of nitrogens with zero attached hydrogens (tertiary/aromatic N) is 1. The number of phosphoric acid groups is 1. The highest BCUT2D eigenvalue weighted by Crippen LogP contribution is 2.52. The van der Waals surface area contributed by atoms with Crippen LogP contribution < -0.4 is 5.32 Å². The number of phosphoric ester groups is 1. The Morgan fingerprint density at radius 2 is 2.23 bits per heavy atom. The van der Waals surface area contributed by atoms with Crippen LogP contribution in [0.1, 0.15) is 6.42 Å². The number of carbonyl (C=O) groups excluding carboxylic acids is 1. The van der Waals surface area contributed by atoms with Gasteiger partial charge in [-0.2, -0.15) is 0 Å². The van der Waals surface area contributed by atoms with E-state index in [1.54, 1.807) is 6.20 Å². The van der Waals surface area contributed by atoms with Gasteiger partial charge in [0.2, 0.25) is 5.91 Å². The molecule has 10 heteroatoms. The van der Waals surface area contributed by atoms with Crippen LogP contribution in [0.3, 0.4) is 0 Å². The van der Waals surface area contributed by atoms with E-state index in [0.29, 0.717) is 31.9 Å². The van der Waals surface area contributed by atoms with E-state index in [1.165, 1.54) is 21.6 Å². The Hall–Kier alpha value is -0.570. The van der Waals surface area contributed by atoms with E-state index >= 15 is 0 Å². The molecule has 122 valence electrons. The molecule has 0 aliphatic carbocycles. The van der Waals surface area contributed by atoms with Crippen molar-refractivity contribution in [3.63, 3.8) is 0 Å². The van der Waals surface area contributed by atoms with Crippen LogP contribution in [0.25, 0.3) is 0 Å². The second-order valence-corrected chi connectivity index (χ2v) is 8.15. The van der Waals surface area contributed by atoms with Crippen molar-refractivity contribution >= 4 is 35.3 Å². The first-order valence-corrected chi connectivity index (χ1v) is 10.5. The van der Waals surface area contributed by atoms with E-state index in [2.05, 4.69) is 10.3 Å². The van der Waals surface area contributed by atoms with Crippen molar-refractivity contribution in [1.82, 2.24) is 10.3 Å². The Morgan fingerprint density at radius 3 is 2.95 bits per heavy atom. The summed E-state index contributed by atoms with van der Waals surface area (Å²) in [5.74, 6) is 0.278. The zero-order chi connectivity index (χ0) is 15.7. The Kier molecular flexibility index (Phi) is 7.71. The maximum atomic E-state index is 11.6. The molecular formula is C12H17N2O5PS2. The summed E-state index contributed by atoms with van der Waals surface area (Å²) in [5.41, 5.74) is 0. The van der Waals surface area contributed by atoms with Gasteiger partial charge in [0.15, 0.2) is 0 Å². The Morgan fingerprint density at radius 1 is 1.41 bits per heavy atom. The summed E-state index contributed by atoms with van der Waals surface area (Å²) >= 11 is 0. The number of hydrogen-bond donors (Lipinski definition) is 1. The number of nitrogens with one attached hydrogen (secondary N) is 1. The van der Waals surface area contributed by atoms with Crippen LogP contribution >= 0.6 is 29.4 Å². The molecule has 1 aliphatic rings. The van der Waals surface area contributed by atoms with Gasteiger partial charge in [-0.15, -0.1) is 0 Å². The molecule has 1 aromatic heterocycles. The molecule has 1 aromatic rings. The Labute approximate surface area is 136 Å². The zero-order valence-corrected chi connectivity index (χ0v) is 14.3. The van der Waals surface area contributed by atoms with Gasteiger partial charge >= 0.3 is 7.82 Å². The average Bonchev–Trinajstić information content (AvgIpc) is 2.95. The summed E-state index contributed by atoms with van der Waals surface area (Å²) in [6.45, 7) is 1.25. The second-order valence-electron chi connectivity index (χ2n) is 4.16. The van der Waals surface area contributed by atoms with Crippen molar-refractivity contribution in [3.05, 3.63) is 24.4 Å². The predicted octanol–water partition coefficient (Wildman–Crippen LogP) is 2.50. The summed E-state index contributed by atoms with van der Waals surface area (Å²) in [6, 6.07) is 5.64. The first kappa shape index (κ1) is 17.8. The van der Waals surface area contributed by atoms with Crippen molar-refractivity contribution < 1.29 is 22.9 Å². The van der Waals surface area contributed by atoms with Crippen molar-refractivity contribution in [2.45, 2.75) is 11.4 Å². The largest absolute Gasteiger partial charge is 0.474 e. The molecule has 0 bridgehead atoms. The normalized spacial score (nSPS) is 16.5. The quantitative estimate of drug-likeness (QED) is 0.406. The standard InChI is InChI=1S/C12H17N2O5PS2/c15-11(10-21-22-12-4-1-2-5-14-12)13-6-3-7-17-20(16)18-8-9-19-20/h1-2,4-5H,3,6-10H2,(H,13,15). The van der Waals surface area contributed by atoms with Gasteiger partial charge in [0.1, 0.15) is 5.03 Å². The number of amides is 1. The molecule has 1 aliphatic heterocycles. The fourth-order valence-electron chi connectivity index (χ4n) is 1.48. The number of hydrogen-bond acceptors (Lipinski definition) is 8. The van der Waals surface area contributed by atoms with Gasteiger partial charge in [0.25, 0.3) is 0 Å². The van der Waals surface area contributed by atoms with Crippen LogP contribution in [0.4, 0.5) is 0 Å². The summed E-state index contributed by atoms with van der Waals surface area (Å²) in [7, 11) is -0.429. The Balaban J connectivity index is 1.48. The first-order valence-electron chi connectivity index (χ1n) is 6.69. The highest BCUT2D eigenvalue weighted by atomic mass is 33.1. The molecule has 2 rings (SSSR count). The SMILES string of the molecule is O=C(CSSc1ccccn1)NCCCOP1(=O)OCCO1. The molecule has 0 saturated carbocycles. The second kappa shape index (κ2) is 9.54. The smallest absolute Gasteiger partial charge is 0.355 e. The minimum atomic E-state index is -3.31. The summed E-state index contributed by atoms with van der Waals surface area (Å²) < 4.78 is 26.4. The van der Waals surface area contributed by atoms with Crippen molar-refractivity contribution in [2.24, 2.45) is 0 Å². The molecular weight excluding hydrogens is 347 g/mol. The topological polar surface area (TPSA) is 86.8 Å². The molecule has 2 heterocycles. The molecule has 7 nitrogen and oxygen atoms in total. The maximum absolute atomic E-state index is 11.6.